The number of benzene rings is 1. The van der Waals surface area contributed by atoms with E-state index in [4.69, 9.17) is 0 Å². The van der Waals surface area contributed by atoms with Crippen molar-refractivity contribution in [2.75, 3.05) is 11.9 Å². The first-order valence-corrected chi connectivity index (χ1v) is 6.96. The van der Waals surface area contributed by atoms with Crippen molar-refractivity contribution in [2.45, 2.75) is 19.1 Å². The molecule has 0 radical (unpaired) electrons. The number of carbonyl (C=O) groups is 1. The quantitative estimate of drug-likeness (QED) is 0.887. The summed E-state index contributed by atoms with van der Waals surface area (Å²) in [7, 11) is 0. The number of halogens is 3. The van der Waals surface area contributed by atoms with E-state index in [0.717, 1.165) is 17.7 Å². The zero-order valence-electron chi connectivity index (χ0n) is 12.4. The highest BCUT2D eigenvalue weighted by molar-refractivity contribution is 5.81. The van der Waals surface area contributed by atoms with Crippen molar-refractivity contribution in [3.63, 3.8) is 0 Å². The van der Waals surface area contributed by atoms with Gasteiger partial charge in [0.25, 0.3) is 0 Å². The molecular formula is C16H16F3N3O. The van der Waals surface area contributed by atoms with Crippen LogP contribution in [0.2, 0.25) is 0 Å². The van der Waals surface area contributed by atoms with Crippen LogP contribution >= 0.6 is 0 Å². The van der Waals surface area contributed by atoms with Crippen LogP contribution in [0.15, 0.2) is 48.8 Å². The molecule has 1 atom stereocenters. The Morgan fingerprint density at radius 1 is 1.22 bits per heavy atom. The fraction of sp³-hybridized carbons (Fsp3) is 0.250. The molecule has 0 bridgehead atoms. The highest BCUT2D eigenvalue weighted by Crippen LogP contribution is 2.30. The summed E-state index contributed by atoms with van der Waals surface area (Å²) >= 11 is 0. The molecule has 0 saturated carbocycles. The molecule has 4 nitrogen and oxygen atoms in total. The Bertz CT molecular complexity index is 659. The Labute approximate surface area is 131 Å². The number of hydrogen-bond donors (Lipinski definition) is 2. The van der Waals surface area contributed by atoms with E-state index in [1.165, 1.54) is 12.1 Å². The Hall–Kier alpha value is -2.57. The van der Waals surface area contributed by atoms with E-state index in [1.54, 1.807) is 24.5 Å². The molecule has 122 valence electrons. The van der Waals surface area contributed by atoms with Gasteiger partial charge in [-0.05, 0) is 42.8 Å². The normalized spacial score (nSPS) is 12.5. The summed E-state index contributed by atoms with van der Waals surface area (Å²) in [5, 5.41) is 5.45. The Kier molecular flexibility index (Phi) is 5.20. The Balaban J connectivity index is 1.90. The van der Waals surface area contributed by atoms with Gasteiger partial charge in [-0.2, -0.15) is 13.2 Å². The van der Waals surface area contributed by atoms with Crippen LogP contribution in [0.5, 0.6) is 0 Å². The van der Waals surface area contributed by atoms with Gasteiger partial charge >= 0.3 is 6.18 Å². The van der Waals surface area contributed by atoms with E-state index >= 15 is 0 Å². The standard InChI is InChI=1S/C16H16F3N3O/c1-11(12-5-7-20-8-6-12)22-15(23)10-21-14-4-2-3-13(9-14)16(17,18)19/h2-9,11,21H,10H2,1H3,(H,22,23)/t11-/m0/s1. The van der Waals surface area contributed by atoms with Crippen molar-refractivity contribution in [2.24, 2.45) is 0 Å². The van der Waals surface area contributed by atoms with Crippen LogP contribution in [0.25, 0.3) is 0 Å². The molecule has 0 saturated heterocycles. The van der Waals surface area contributed by atoms with E-state index in [0.29, 0.717) is 0 Å². The number of aromatic nitrogens is 1. The number of anilines is 1. The number of nitrogens with one attached hydrogen (secondary N) is 2. The van der Waals surface area contributed by atoms with E-state index in [9.17, 15) is 18.0 Å². The zero-order valence-corrected chi connectivity index (χ0v) is 12.4. The molecule has 1 aromatic heterocycles. The van der Waals surface area contributed by atoms with Crippen molar-refractivity contribution < 1.29 is 18.0 Å². The van der Waals surface area contributed by atoms with Crippen molar-refractivity contribution in [3.05, 3.63) is 59.9 Å². The fourth-order valence-corrected chi connectivity index (χ4v) is 2.02. The van der Waals surface area contributed by atoms with Crippen molar-refractivity contribution >= 4 is 11.6 Å². The SMILES string of the molecule is C[C@H](NC(=O)CNc1cccc(C(F)(F)F)c1)c1ccncc1. The summed E-state index contributed by atoms with van der Waals surface area (Å²) in [4.78, 5) is 15.8. The van der Waals surface area contributed by atoms with Crippen LogP contribution in [-0.4, -0.2) is 17.4 Å². The lowest BCUT2D eigenvalue weighted by Gasteiger charge is -2.15. The van der Waals surface area contributed by atoms with Crippen LogP contribution in [0.1, 0.15) is 24.1 Å². The molecule has 0 fully saturated rings. The third kappa shape index (κ3) is 4.98. The van der Waals surface area contributed by atoms with Gasteiger partial charge in [0.15, 0.2) is 0 Å². The summed E-state index contributed by atoms with van der Waals surface area (Å²) in [6, 6.07) is 8.08. The third-order valence-electron chi connectivity index (χ3n) is 3.23. The molecule has 1 amide bonds. The fourth-order valence-electron chi connectivity index (χ4n) is 2.02. The lowest BCUT2D eigenvalue weighted by Crippen LogP contribution is -2.32. The van der Waals surface area contributed by atoms with Crippen LogP contribution < -0.4 is 10.6 Å². The molecule has 2 rings (SSSR count). The number of pyridine rings is 1. The highest BCUT2D eigenvalue weighted by atomic mass is 19.4. The van der Waals surface area contributed by atoms with E-state index in [1.807, 2.05) is 6.92 Å². The van der Waals surface area contributed by atoms with Crippen LogP contribution in [0, 0.1) is 0 Å². The van der Waals surface area contributed by atoms with Crippen LogP contribution in [-0.2, 0) is 11.0 Å². The molecule has 23 heavy (non-hydrogen) atoms. The number of alkyl halides is 3. The first-order chi connectivity index (χ1) is 10.9. The summed E-state index contributed by atoms with van der Waals surface area (Å²) in [6.07, 6.45) is -1.16. The molecule has 1 aromatic carbocycles. The summed E-state index contributed by atoms with van der Waals surface area (Å²) in [6.45, 7) is 1.70. The van der Waals surface area contributed by atoms with Gasteiger partial charge in [0.1, 0.15) is 0 Å². The molecule has 7 heteroatoms. The average Bonchev–Trinajstić information content (AvgIpc) is 2.53. The molecule has 1 heterocycles. The molecule has 0 spiro atoms. The maximum Gasteiger partial charge on any atom is 0.416 e. The molecule has 2 N–H and O–H groups in total. The van der Waals surface area contributed by atoms with Gasteiger partial charge in [-0.3, -0.25) is 9.78 Å². The number of amides is 1. The van der Waals surface area contributed by atoms with Gasteiger partial charge < -0.3 is 10.6 Å². The Morgan fingerprint density at radius 3 is 2.57 bits per heavy atom. The topological polar surface area (TPSA) is 54.0 Å². The van der Waals surface area contributed by atoms with E-state index < -0.39 is 11.7 Å². The smallest absolute Gasteiger partial charge is 0.376 e. The third-order valence-corrected chi connectivity index (χ3v) is 3.23. The molecule has 0 unspecified atom stereocenters. The van der Waals surface area contributed by atoms with Crippen molar-refractivity contribution in [3.8, 4) is 0 Å². The van der Waals surface area contributed by atoms with Gasteiger partial charge in [0.05, 0.1) is 18.2 Å². The number of carbonyl (C=O) groups excluding carboxylic acids is 1. The van der Waals surface area contributed by atoms with E-state index in [-0.39, 0.29) is 24.2 Å². The molecule has 0 aliphatic carbocycles. The number of rotatable bonds is 5. The highest BCUT2D eigenvalue weighted by Gasteiger charge is 2.30. The largest absolute Gasteiger partial charge is 0.416 e. The summed E-state index contributed by atoms with van der Waals surface area (Å²) in [5.74, 6) is -0.313. The van der Waals surface area contributed by atoms with Crippen molar-refractivity contribution in [1.82, 2.24) is 10.3 Å². The molecule has 2 aromatic rings. The van der Waals surface area contributed by atoms with Gasteiger partial charge in [-0.25, -0.2) is 0 Å². The van der Waals surface area contributed by atoms with Gasteiger partial charge in [0.2, 0.25) is 5.91 Å². The number of hydrogen-bond acceptors (Lipinski definition) is 3. The minimum atomic E-state index is -4.41. The summed E-state index contributed by atoms with van der Waals surface area (Å²) in [5.41, 5.74) is 0.381. The second-order valence-electron chi connectivity index (χ2n) is 5.00. The summed E-state index contributed by atoms with van der Waals surface area (Å²) < 4.78 is 37.8. The molecule has 0 aliphatic heterocycles. The lowest BCUT2D eigenvalue weighted by molar-refractivity contribution is -0.137. The van der Waals surface area contributed by atoms with Gasteiger partial charge in [0, 0.05) is 18.1 Å². The van der Waals surface area contributed by atoms with Gasteiger partial charge in [-0.15, -0.1) is 0 Å². The van der Waals surface area contributed by atoms with Crippen LogP contribution in [0.3, 0.4) is 0 Å². The van der Waals surface area contributed by atoms with Gasteiger partial charge in [-0.1, -0.05) is 6.07 Å². The first-order valence-electron chi connectivity index (χ1n) is 6.96. The minimum Gasteiger partial charge on any atom is -0.376 e. The maximum absolute atomic E-state index is 12.6. The maximum atomic E-state index is 12.6. The van der Waals surface area contributed by atoms with Crippen LogP contribution in [0.4, 0.5) is 18.9 Å². The lowest BCUT2D eigenvalue weighted by atomic mass is 10.1. The second kappa shape index (κ2) is 7.13. The van der Waals surface area contributed by atoms with Crippen molar-refractivity contribution in [1.29, 1.82) is 0 Å². The first kappa shape index (κ1) is 16.8. The number of nitrogens with zero attached hydrogens (tertiary/aromatic N) is 1. The average molecular weight is 323 g/mol. The zero-order chi connectivity index (χ0) is 16.9. The minimum absolute atomic E-state index is 0.114. The second-order valence-corrected chi connectivity index (χ2v) is 5.00. The molecule has 0 aliphatic rings. The Morgan fingerprint density at radius 2 is 1.91 bits per heavy atom. The predicted octanol–water partition coefficient (Wildman–Crippen LogP) is 3.39. The predicted molar refractivity (Wildman–Crippen MR) is 80.7 cm³/mol. The molecular weight excluding hydrogens is 307 g/mol. The van der Waals surface area contributed by atoms with E-state index in [2.05, 4.69) is 15.6 Å². The monoisotopic (exact) mass is 323 g/mol.